The van der Waals surface area contributed by atoms with Crippen LogP contribution >= 0.6 is 0 Å². The van der Waals surface area contributed by atoms with Gasteiger partial charge in [-0.25, -0.2) is 13.4 Å². The van der Waals surface area contributed by atoms with Crippen LogP contribution in [-0.2, 0) is 21.0 Å². The molecular formula is C27H28N4O6S. The fraction of sp³-hybridized carbons (Fsp3) is 0.407. The maximum atomic E-state index is 11.6. The first-order valence-electron chi connectivity index (χ1n) is 12.6. The molecule has 0 bridgehead atoms. The average molecular weight is 537 g/mol. The van der Waals surface area contributed by atoms with Crippen molar-refractivity contribution in [3.63, 3.8) is 0 Å². The highest BCUT2D eigenvalue weighted by Gasteiger charge is 2.31. The molecule has 1 aromatic carbocycles. The molecule has 1 fully saturated rings. The summed E-state index contributed by atoms with van der Waals surface area (Å²) in [4.78, 5) is 12.4. The fourth-order valence-corrected chi connectivity index (χ4v) is 6.12. The summed E-state index contributed by atoms with van der Waals surface area (Å²) in [6.07, 6.45) is 2.91. The molecule has 0 amide bonds. The molecule has 10 nitrogen and oxygen atoms in total. The third kappa shape index (κ3) is 5.34. The molecule has 2 aromatic rings. The van der Waals surface area contributed by atoms with Crippen LogP contribution < -0.4 is 9.47 Å². The molecule has 4 aliphatic rings. The molecule has 1 saturated heterocycles. The van der Waals surface area contributed by atoms with E-state index in [0.29, 0.717) is 50.3 Å². The summed E-state index contributed by atoms with van der Waals surface area (Å²) >= 11 is 0. The summed E-state index contributed by atoms with van der Waals surface area (Å²) in [6, 6.07) is 9.65. The van der Waals surface area contributed by atoms with Crippen molar-refractivity contribution in [2.24, 2.45) is 4.99 Å². The van der Waals surface area contributed by atoms with Crippen molar-refractivity contribution >= 4 is 21.4 Å². The highest BCUT2D eigenvalue weighted by molar-refractivity contribution is 7.91. The van der Waals surface area contributed by atoms with Crippen molar-refractivity contribution < 1.29 is 27.7 Å². The Bertz CT molecular complexity index is 1450. The summed E-state index contributed by atoms with van der Waals surface area (Å²) in [5.41, 5.74) is 3.92. The molecule has 0 spiro atoms. The van der Waals surface area contributed by atoms with Gasteiger partial charge in [-0.05, 0) is 36.2 Å². The van der Waals surface area contributed by atoms with Crippen LogP contribution in [0.1, 0.15) is 16.7 Å². The SMILES string of the molecule is O=S1(=O)CCN(CC#Cc2ccc3c(c2)CCN2C3=CC(OCC3COc4ncccc4O3)=NC2O)CC1. The van der Waals surface area contributed by atoms with Gasteiger partial charge in [0.2, 0.25) is 12.2 Å². The summed E-state index contributed by atoms with van der Waals surface area (Å²) in [5.74, 6) is 8.18. The number of nitrogens with zero attached hydrogens (tertiary/aromatic N) is 4. The van der Waals surface area contributed by atoms with Gasteiger partial charge in [-0.2, -0.15) is 4.99 Å². The van der Waals surface area contributed by atoms with Crippen LogP contribution in [0.5, 0.6) is 11.6 Å². The average Bonchev–Trinajstić information content (AvgIpc) is 2.92. The Labute approximate surface area is 221 Å². The lowest BCUT2D eigenvalue weighted by atomic mass is 9.94. The molecule has 0 saturated carbocycles. The van der Waals surface area contributed by atoms with Crippen LogP contribution in [0.25, 0.3) is 5.70 Å². The largest absolute Gasteiger partial charge is 0.478 e. The van der Waals surface area contributed by atoms with Gasteiger partial charge in [-0.1, -0.05) is 17.9 Å². The smallest absolute Gasteiger partial charge is 0.257 e. The Kier molecular flexibility index (Phi) is 6.69. The molecule has 5 heterocycles. The van der Waals surface area contributed by atoms with Gasteiger partial charge in [0.15, 0.2) is 21.7 Å². The van der Waals surface area contributed by atoms with Gasteiger partial charge >= 0.3 is 0 Å². The predicted octanol–water partition coefficient (Wildman–Crippen LogP) is 0.907. The first-order valence-corrected chi connectivity index (χ1v) is 14.4. The maximum absolute atomic E-state index is 11.6. The van der Waals surface area contributed by atoms with E-state index in [2.05, 4.69) is 32.8 Å². The number of rotatable bonds is 3. The van der Waals surface area contributed by atoms with Gasteiger partial charge in [0.25, 0.3) is 5.88 Å². The third-order valence-corrected chi connectivity index (χ3v) is 8.53. The summed E-state index contributed by atoms with van der Waals surface area (Å²) in [5, 5.41) is 10.7. The summed E-state index contributed by atoms with van der Waals surface area (Å²) in [6.45, 7) is 2.76. The number of aliphatic imine (C=N–C) groups is 1. The van der Waals surface area contributed by atoms with Gasteiger partial charge in [-0.15, -0.1) is 0 Å². The van der Waals surface area contributed by atoms with E-state index in [1.807, 2.05) is 23.1 Å². The Morgan fingerprint density at radius 1 is 1.18 bits per heavy atom. The molecule has 1 N–H and O–H groups in total. The second-order valence-corrected chi connectivity index (χ2v) is 11.9. The van der Waals surface area contributed by atoms with Crippen LogP contribution in [0, 0.1) is 11.8 Å². The molecule has 4 aliphatic heterocycles. The minimum absolute atomic E-state index is 0.201. The number of benzene rings is 1. The van der Waals surface area contributed by atoms with Crippen molar-refractivity contribution in [2.75, 3.05) is 50.9 Å². The molecular weight excluding hydrogens is 508 g/mol. The molecule has 198 valence electrons. The monoisotopic (exact) mass is 536 g/mol. The second kappa shape index (κ2) is 10.3. The van der Waals surface area contributed by atoms with E-state index in [4.69, 9.17) is 14.2 Å². The number of aliphatic hydroxyl groups is 1. The molecule has 11 heteroatoms. The summed E-state index contributed by atoms with van der Waals surface area (Å²) in [7, 11) is -2.89. The number of fused-ring (bicyclic) bond motifs is 4. The number of aromatic nitrogens is 1. The second-order valence-electron chi connectivity index (χ2n) is 9.56. The van der Waals surface area contributed by atoms with Gasteiger partial charge in [0.05, 0.1) is 23.7 Å². The molecule has 6 rings (SSSR count). The minimum Gasteiger partial charge on any atom is -0.478 e. The Morgan fingerprint density at radius 3 is 2.92 bits per heavy atom. The number of hydrogen-bond donors (Lipinski definition) is 1. The van der Waals surface area contributed by atoms with Crippen LogP contribution in [0.15, 0.2) is 47.6 Å². The zero-order valence-electron chi connectivity index (χ0n) is 20.7. The van der Waals surface area contributed by atoms with E-state index in [9.17, 15) is 13.5 Å². The van der Waals surface area contributed by atoms with Crippen molar-refractivity contribution in [1.29, 1.82) is 0 Å². The standard InChI is InChI=1S/C27H28N4O6S/c32-27-29-25(35-17-21-18-36-26-24(37-21)4-1-8-28-26)16-23-22-6-5-19(15-20(22)7-10-31(23)27)3-2-9-30-11-13-38(33,34)14-12-30/h1,4-6,8,15-16,21,27,32H,7,9-14,17-18H2. The molecule has 0 aliphatic carbocycles. The minimum atomic E-state index is -2.89. The van der Waals surface area contributed by atoms with Crippen LogP contribution in [0.4, 0.5) is 0 Å². The first kappa shape index (κ1) is 24.7. The topological polar surface area (TPSA) is 114 Å². The van der Waals surface area contributed by atoms with Gasteiger partial charge < -0.3 is 24.2 Å². The van der Waals surface area contributed by atoms with Crippen molar-refractivity contribution in [3.05, 3.63) is 59.3 Å². The van der Waals surface area contributed by atoms with E-state index in [0.717, 1.165) is 28.8 Å². The molecule has 38 heavy (non-hydrogen) atoms. The lowest BCUT2D eigenvalue weighted by molar-refractivity contribution is 0.0348. The maximum Gasteiger partial charge on any atom is 0.257 e. The quantitative estimate of drug-likeness (QED) is 0.572. The number of aliphatic hydroxyl groups excluding tert-OH is 1. The van der Waals surface area contributed by atoms with E-state index >= 15 is 0 Å². The van der Waals surface area contributed by atoms with Gasteiger partial charge in [-0.3, -0.25) is 4.90 Å². The van der Waals surface area contributed by atoms with E-state index < -0.39 is 16.2 Å². The zero-order valence-corrected chi connectivity index (χ0v) is 21.6. The van der Waals surface area contributed by atoms with Crippen LogP contribution in [0.3, 0.4) is 0 Å². The van der Waals surface area contributed by atoms with Crippen molar-refractivity contribution in [1.82, 2.24) is 14.8 Å². The molecule has 2 unspecified atom stereocenters. The van der Waals surface area contributed by atoms with Crippen LogP contribution in [-0.4, -0.2) is 97.6 Å². The number of hydrogen-bond acceptors (Lipinski definition) is 10. The van der Waals surface area contributed by atoms with Crippen molar-refractivity contribution in [3.8, 4) is 23.5 Å². The Hall–Kier alpha value is -3.59. The highest BCUT2D eigenvalue weighted by Crippen LogP contribution is 2.33. The zero-order chi connectivity index (χ0) is 26.1. The third-order valence-electron chi connectivity index (χ3n) is 6.92. The lowest BCUT2D eigenvalue weighted by Crippen LogP contribution is -2.41. The predicted molar refractivity (Wildman–Crippen MR) is 140 cm³/mol. The molecule has 2 atom stereocenters. The van der Waals surface area contributed by atoms with Gasteiger partial charge in [0, 0.05) is 43.0 Å². The fourth-order valence-electron chi connectivity index (χ4n) is 4.84. The molecule has 1 aromatic heterocycles. The highest BCUT2D eigenvalue weighted by atomic mass is 32.2. The van der Waals surface area contributed by atoms with E-state index in [1.54, 1.807) is 18.3 Å². The van der Waals surface area contributed by atoms with E-state index in [-0.39, 0.29) is 24.2 Å². The van der Waals surface area contributed by atoms with Crippen LogP contribution in [0.2, 0.25) is 0 Å². The number of sulfone groups is 1. The molecule has 0 radical (unpaired) electrons. The number of pyridine rings is 1. The normalized spacial score (nSPS) is 23.7. The lowest BCUT2D eigenvalue weighted by Gasteiger charge is -2.37. The Balaban J connectivity index is 1.11. The first-order chi connectivity index (χ1) is 18.4. The van der Waals surface area contributed by atoms with E-state index in [1.165, 1.54) is 0 Å². The number of ether oxygens (including phenoxy) is 3. The Morgan fingerprint density at radius 2 is 2.05 bits per heavy atom. The van der Waals surface area contributed by atoms with Gasteiger partial charge in [0.1, 0.15) is 13.2 Å². The van der Waals surface area contributed by atoms with Crippen molar-refractivity contribution in [2.45, 2.75) is 18.9 Å². The summed E-state index contributed by atoms with van der Waals surface area (Å²) < 4.78 is 40.7.